The Morgan fingerprint density at radius 2 is 2.00 bits per heavy atom. The average Bonchev–Trinajstić information content (AvgIpc) is 3.42. The van der Waals surface area contributed by atoms with E-state index in [4.69, 9.17) is 0 Å². The van der Waals surface area contributed by atoms with E-state index in [-0.39, 0.29) is 35.9 Å². The molecule has 3 aromatic rings. The van der Waals surface area contributed by atoms with E-state index in [1.54, 1.807) is 36.0 Å². The number of aryl methyl sites for hydroxylation is 1. The Morgan fingerprint density at radius 3 is 2.68 bits per heavy atom. The van der Waals surface area contributed by atoms with Gasteiger partial charge in [0.1, 0.15) is 11.4 Å². The second-order valence-corrected chi connectivity index (χ2v) is 9.81. The molecule has 1 aliphatic rings. The molecule has 0 radical (unpaired) electrons. The van der Waals surface area contributed by atoms with E-state index in [1.807, 2.05) is 0 Å². The summed E-state index contributed by atoms with van der Waals surface area (Å²) in [5.74, 6) is -0.206. The highest BCUT2D eigenvalue weighted by Crippen LogP contribution is 2.36. The van der Waals surface area contributed by atoms with E-state index in [1.165, 1.54) is 0 Å². The number of hydrogen-bond acceptors (Lipinski definition) is 7. The van der Waals surface area contributed by atoms with Gasteiger partial charge in [0.05, 0.1) is 29.7 Å². The monoisotopic (exact) mass is 454 g/mol. The van der Waals surface area contributed by atoms with Crippen LogP contribution in [0.3, 0.4) is 0 Å². The predicted octanol–water partition coefficient (Wildman–Crippen LogP) is 3.60. The summed E-state index contributed by atoms with van der Waals surface area (Å²) in [6.07, 6.45) is -0.620. The molecule has 0 spiro atoms. The summed E-state index contributed by atoms with van der Waals surface area (Å²) in [5.41, 5.74) is 0.340. The van der Waals surface area contributed by atoms with Crippen molar-refractivity contribution in [1.29, 1.82) is 0 Å². The molecule has 31 heavy (non-hydrogen) atoms. The predicted molar refractivity (Wildman–Crippen MR) is 111 cm³/mol. The summed E-state index contributed by atoms with van der Waals surface area (Å²) in [5, 5.41) is 10.7. The van der Waals surface area contributed by atoms with Crippen LogP contribution in [0.25, 0.3) is 10.9 Å². The van der Waals surface area contributed by atoms with Gasteiger partial charge in [-0.25, -0.2) is 13.4 Å². The van der Waals surface area contributed by atoms with Crippen molar-refractivity contribution < 1.29 is 21.6 Å². The van der Waals surface area contributed by atoms with Crippen LogP contribution in [0.1, 0.15) is 25.3 Å². The Bertz CT molecular complexity index is 1210. The van der Waals surface area contributed by atoms with Gasteiger partial charge in [0.15, 0.2) is 9.84 Å². The minimum atomic E-state index is -4.56. The zero-order chi connectivity index (χ0) is 22.2. The fourth-order valence-corrected chi connectivity index (χ4v) is 3.80. The van der Waals surface area contributed by atoms with Gasteiger partial charge in [-0.15, -0.1) is 0 Å². The van der Waals surface area contributed by atoms with Gasteiger partial charge in [0, 0.05) is 23.4 Å². The Hall–Kier alpha value is -2.89. The van der Waals surface area contributed by atoms with Crippen LogP contribution in [0, 0.1) is 0 Å². The lowest BCUT2D eigenvalue weighted by Crippen LogP contribution is -2.15. The van der Waals surface area contributed by atoms with Crippen molar-refractivity contribution in [2.75, 3.05) is 22.1 Å². The highest BCUT2D eigenvalue weighted by molar-refractivity contribution is 7.91. The number of hydrogen-bond donors (Lipinski definition) is 2. The summed E-state index contributed by atoms with van der Waals surface area (Å²) in [6, 6.07) is 5.25. The second-order valence-electron chi connectivity index (χ2n) is 7.34. The Morgan fingerprint density at radius 1 is 1.23 bits per heavy atom. The number of halogens is 3. The quantitative estimate of drug-likeness (QED) is 0.536. The molecule has 1 aromatic carbocycles. The molecule has 0 atom stereocenters. The first-order valence-electron chi connectivity index (χ1n) is 9.79. The van der Waals surface area contributed by atoms with Gasteiger partial charge in [-0.2, -0.15) is 23.3 Å². The van der Waals surface area contributed by atoms with E-state index < -0.39 is 21.6 Å². The molecule has 2 N–H and O–H groups in total. The van der Waals surface area contributed by atoms with Crippen molar-refractivity contribution in [3.05, 3.63) is 36.2 Å². The first-order valence-corrected chi connectivity index (χ1v) is 11.6. The second kappa shape index (κ2) is 7.98. The molecule has 0 unspecified atom stereocenters. The number of benzene rings is 1. The van der Waals surface area contributed by atoms with Crippen LogP contribution >= 0.6 is 0 Å². The minimum absolute atomic E-state index is 0.00934. The van der Waals surface area contributed by atoms with Crippen molar-refractivity contribution in [3.63, 3.8) is 0 Å². The summed E-state index contributed by atoms with van der Waals surface area (Å²) in [7, 11) is -3.14. The molecule has 2 aromatic heterocycles. The van der Waals surface area contributed by atoms with Gasteiger partial charge in [-0.1, -0.05) is 13.0 Å². The first-order chi connectivity index (χ1) is 14.7. The Labute approximate surface area is 176 Å². The first kappa shape index (κ1) is 21.3. The van der Waals surface area contributed by atoms with Crippen molar-refractivity contribution in [2.45, 2.75) is 38.5 Å². The maximum atomic E-state index is 13.3. The number of nitrogens with one attached hydrogen (secondary N) is 2. The zero-order valence-electron chi connectivity index (χ0n) is 16.6. The van der Waals surface area contributed by atoms with Crippen LogP contribution in [0.4, 0.5) is 30.6 Å². The van der Waals surface area contributed by atoms with Crippen LogP contribution < -0.4 is 10.6 Å². The standard InChI is InChI=1S/C19H21F3N6O2S/c1-2-31(29,30)9-8-28-16-5-3-4-15(13(16)10-24-28)26-18-23-11-14(19(20,21)22)17(27-18)25-12-6-7-12/h3-5,10-12H,2,6-9H2,1H3,(H2,23,25,26,27). The fraction of sp³-hybridized carbons (Fsp3) is 0.421. The molecule has 2 heterocycles. The highest BCUT2D eigenvalue weighted by Gasteiger charge is 2.36. The van der Waals surface area contributed by atoms with E-state index in [2.05, 4.69) is 25.7 Å². The van der Waals surface area contributed by atoms with Crippen LogP contribution in [0.15, 0.2) is 30.6 Å². The van der Waals surface area contributed by atoms with E-state index in [9.17, 15) is 21.6 Å². The lowest BCUT2D eigenvalue weighted by Gasteiger charge is -2.14. The molecule has 0 amide bonds. The molecule has 1 saturated carbocycles. The summed E-state index contributed by atoms with van der Waals surface area (Å²) >= 11 is 0. The maximum Gasteiger partial charge on any atom is 0.421 e. The number of nitrogens with zero attached hydrogens (tertiary/aromatic N) is 4. The zero-order valence-corrected chi connectivity index (χ0v) is 17.5. The van der Waals surface area contributed by atoms with Gasteiger partial charge >= 0.3 is 6.18 Å². The number of aromatic nitrogens is 4. The normalized spacial score (nSPS) is 14.7. The average molecular weight is 454 g/mol. The molecule has 0 saturated heterocycles. The van der Waals surface area contributed by atoms with Crippen molar-refractivity contribution in [1.82, 2.24) is 19.7 Å². The molecule has 8 nitrogen and oxygen atoms in total. The Kier molecular flexibility index (Phi) is 5.50. The van der Waals surface area contributed by atoms with Crippen molar-refractivity contribution >= 4 is 38.2 Å². The summed E-state index contributed by atoms with van der Waals surface area (Å²) in [4.78, 5) is 7.88. The molecule has 12 heteroatoms. The molecule has 1 fully saturated rings. The molecule has 166 valence electrons. The third-order valence-electron chi connectivity index (χ3n) is 5.00. The number of alkyl halides is 3. The molecular formula is C19H21F3N6O2S. The van der Waals surface area contributed by atoms with E-state index >= 15 is 0 Å². The van der Waals surface area contributed by atoms with Gasteiger partial charge in [0.25, 0.3) is 0 Å². The Balaban J connectivity index is 1.61. The molecule has 0 bridgehead atoms. The van der Waals surface area contributed by atoms with Crippen molar-refractivity contribution in [2.24, 2.45) is 0 Å². The van der Waals surface area contributed by atoms with Crippen LogP contribution in [-0.2, 0) is 22.6 Å². The lowest BCUT2D eigenvalue weighted by atomic mass is 10.2. The highest BCUT2D eigenvalue weighted by atomic mass is 32.2. The largest absolute Gasteiger partial charge is 0.421 e. The smallest absolute Gasteiger partial charge is 0.367 e. The van der Waals surface area contributed by atoms with Crippen LogP contribution in [0.5, 0.6) is 0 Å². The molecule has 1 aliphatic carbocycles. The lowest BCUT2D eigenvalue weighted by molar-refractivity contribution is -0.137. The third kappa shape index (κ3) is 4.89. The number of anilines is 3. The van der Waals surface area contributed by atoms with Crippen LogP contribution in [-0.4, -0.2) is 45.7 Å². The van der Waals surface area contributed by atoms with Crippen LogP contribution in [0.2, 0.25) is 0 Å². The molecule has 4 rings (SSSR count). The minimum Gasteiger partial charge on any atom is -0.367 e. The van der Waals surface area contributed by atoms with Gasteiger partial charge in [0.2, 0.25) is 5.95 Å². The number of sulfone groups is 1. The van der Waals surface area contributed by atoms with E-state index in [0.29, 0.717) is 16.6 Å². The number of rotatable bonds is 8. The van der Waals surface area contributed by atoms with Crippen molar-refractivity contribution in [3.8, 4) is 0 Å². The topological polar surface area (TPSA) is 102 Å². The van der Waals surface area contributed by atoms with Gasteiger partial charge < -0.3 is 10.6 Å². The number of fused-ring (bicyclic) bond motifs is 1. The summed E-state index contributed by atoms with van der Waals surface area (Å²) in [6.45, 7) is 1.80. The maximum absolute atomic E-state index is 13.3. The fourth-order valence-electron chi connectivity index (χ4n) is 3.06. The summed E-state index contributed by atoms with van der Waals surface area (Å²) < 4.78 is 65.0. The van der Waals surface area contributed by atoms with Gasteiger partial charge in [-0.3, -0.25) is 4.68 Å². The molecular weight excluding hydrogens is 433 g/mol. The molecule has 0 aliphatic heterocycles. The van der Waals surface area contributed by atoms with E-state index in [0.717, 1.165) is 19.0 Å². The van der Waals surface area contributed by atoms with Gasteiger partial charge in [-0.05, 0) is 25.0 Å². The SMILES string of the molecule is CCS(=O)(=O)CCn1ncc2c(Nc3ncc(C(F)(F)F)c(NC4CC4)n3)cccc21. The third-order valence-corrected chi connectivity index (χ3v) is 6.68.